The fourth-order valence-corrected chi connectivity index (χ4v) is 5.83. The highest BCUT2D eigenvalue weighted by Crippen LogP contribution is 2.57. The zero-order valence-corrected chi connectivity index (χ0v) is 12.5. The van der Waals surface area contributed by atoms with Crippen LogP contribution in [-0.4, -0.2) is 50.6 Å². The molecule has 8 nitrogen and oxygen atoms in total. The van der Waals surface area contributed by atoms with Crippen LogP contribution in [0.5, 0.6) is 0 Å². The average molecular weight is 362 g/mol. The van der Waals surface area contributed by atoms with Crippen molar-refractivity contribution in [3.8, 4) is 0 Å². The zero-order valence-electron chi connectivity index (χ0n) is 10.9. The predicted molar refractivity (Wildman–Crippen MR) is 64.7 cm³/mol. The Bertz CT molecular complexity index is 715. The number of hydrogen-bond acceptors (Lipinski definition) is 7. The number of carbonyl (C=O) groups excluding carboxylic acids is 1. The van der Waals surface area contributed by atoms with E-state index >= 15 is 0 Å². The molecule has 0 aromatic heterocycles. The first-order valence-electron chi connectivity index (χ1n) is 6.39. The molecule has 0 spiro atoms. The SMILES string of the molecule is O=C(OCC1C2CC3C1OS(=O)(=O)C3C2)C(F)(F)S(=O)(=O)O. The molecule has 22 heavy (non-hydrogen) atoms. The van der Waals surface area contributed by atoms with E-state index in [1.54, 1.807) is 0 Å². The number of ether oxygens (including phenoxy) is 1. The van der Waals surface area contributed by atoms with Crippen molar-refractivity contribution in [2.75, 3.05) is 6.61 Å². The Kier molecular flexibility index (Phi) is 3.34. The number of rotatable bonds is 4. The fourth-order valence-electron chi connectivity index (χ4n) is 3.64. The summed E-state index contributed by atoms with van der Waals surface area (Å²) in [5.74, 6) is -3.37. The maximum atomic E-state index is 13.1. The standard InChI is InChI=1S/C10H12F2O8S2/c11-10(12,22(16,17)18)9(13)19-3-6-4-1-5-7(2-4)21(14,15)20-8(5)6/h4-8H,1-3H2,(H,16,17,18). The fraction of sp³-hybridized carbons (Fsp3) is 0.900. The minimum Gasteiger partial charge on any atom is -0.460 e. The topological polar surface area (TPSA) is 124 Å². The normalized spacial score (nSPS) is 39.1. The summed E-state index contributed by atoms with van der Waals surface area (Å²) in [7, 11) is -9.60. The van der Waals surface area contributed by atoms with E-state index in [0.29, 0.717) is 12.8 Å². The summed E-state index contributed by atoms with van der Waals surface area (Å²) in [6.45, 7) is -0.585. The summed E-state index contributed by atoms with van der Waals surface area (Å²) in [6, 6.07) is 0. The van der Waals surface area contributed by atoms with E-state index in [0.717, 1.165) is 0 Å². The lowest BCUT2D eigenvalue weighted by Crippen LogP contribution is -2.41. The van der Waals surface area contributed by atoms with Gasteiger partial charge in [0.25, 0.3) is 10.1 Å². The van der Waals surface area contributed by atoms with Crippen molar-refractivity contribution >= 4 is 26.2 Å². The van der Waals surface area contributed by atoms with Gasteiger partial charge in [-0.3, -0.25) is 8.74 Å². The maximum Gasteiger partial charge on any atom is 0.465 e. The van der Waals surface area contributed by atoms with Crippen LogP contribution in [0.25, 0.3) is 0 Å². The number of carbonyl (C=O) groups is 1. The lowest BCUT2D eigenvalue weighted by molar-refractivity contribution is -0.164. The first-order valence-corrected chi connectivity index (χ1v) is 9.30. The Morgan fingerprint density at radius 2 is 2.00 bits per heavy atom. The zero-order chi connectivity index (χ0) is 16.5. The van der Waals surface area contributed by atoms with Crippen LogP contribution < -0.4 is 0 Å². The molecule has 12 heteroatoms. The van der Waals surface area contributed by atoms with Gasteiger partial charge in [0, 0.05) is 11.8 Å². The molecule has 0 amide bonds. The van der Waals surface area contributed by atoms with Gasteiger partial charge in [-0.1, -0.05) is 0 Å². The molecule has 0 radical (unpaired) electrons. The third kappa shape index (κ3) is 2.15. The molecule has 5 unspecified atom stereocenters. The van der Waals surface area contributed by atoms with E-state index < -0.39 is 55.3 Å². The van der Waals surface area contributed by atoms with E-state index in [-0.39, 0.29) is 11.8 Å². The summed E-state index contributed by atoms with van der Waals surface area (Å²) in [6.07, 6.45) is 0.104. The molecule has 126 valence electrons. The van der Waals surface area contributed by atoms with Gasteiger partial charge in [0.2, 0.25) is 0 Å². The third-order valence-corrected chi connectivity index (χ3v) is 7.21. The number of halogens is 2. The Morgan fingerprint density at radius 1 is 1.36 bits per heavy atom. The van der Waals surface area contributed by atoms with Crippen molar-refractivity contribution in [1.29, 1.82) is 0 Å². The smallest absolute Gasteiger partial charge is 0.460 e. The number of esters is 1. The van der Waals surface area contributed by atoms with Crippen molar-refractivity contribution in [3.05, 3.63) is 0 Å². The van der Waals surface area contributed by atoms with Gasteiger partial charge in [-0.05, 0) is 18.8 Å². The summed E-state index contributed by atoms with van der Waals surface area (Å²) in [5, 5.41) is -5.66. The molecule has 1 aliphatic heterocycles. The molecular weight excluding hydrogens is 350 g/mol. The Balaban J connectivity index is 1.68. The molecule has 1 heterocycles. The van der Waals surface area contributed by atoms with Crippen LogP contribution in [0.2, 0.25) is 0 Å². The van der Waals surface area contributed by atoms with E-state index in [1.165, 1.54) is 0 Å². The van der Waals surface area contributed by atoms with Crippen LogP contribution >= 0.6 is 0 Å². The number of fused-ring (bicyclic) bond motifs is 1. The molecule has 5 atom stereocenters. The van der Waals surface area contributed by atoms with E-state index in [9.17, 15) is 30.4 Å². The molecule has 1 saturated heterocycles. The average Bonchev–Trinajstić information content (AvgIpc) is 2.96. The molecular formula is C10H12F2O8S2. The van der Waals surface area contributed by atoms with E-state index in [2.05, 4.69) is 4.74 Å². The van der Waals surface area contributed by atoms with Crippen molar-refractivity contribution < 1.29 is 43.9 Å². The Hall–Kier alpha value is -0.850. The molecule has 3 aliphatic rings. The minimum atomic E-state index is -5.92. The van der Waals surface area contributed by atoms with Crippen molar-refractivity contribution in [2.24, 2.45) is 17.8 Å². The molecule has 1 N–H and O–H groups in total. The van der Waals surface area contributed by atoms with Gasteiger partial charge in [0.05, 0.1) is 18.0 Å². The molecule has 2 aliphatic carbocycles. The van der Waals surface area contributed by atoms with Crippen LogP contribution in [0.1, 0.15) is 12.8 Å². The molecule has 2 bridgehead atoms. The lowest BCUT2D eigenvalue weighted by Gasteiger charge is -2.24. The summed E-state index contributed by atoms with van der Waals surface area (Å²) in [5.41, 5.74) is 0. The van der Waals surface area contributed by atoms with Crippen molar-refractivity contribution in [2.45, 2.75) is 29.5 Å². The molecule has 3 rings (SSSR count). The van der Waals surface area contributed by atoms with E-state index in [1.807, 2.05) is 0 Å². The number of hydrogen-bond donors (Lipinski definition) is 1. The second-order valence-electron chi connectivity index (χ2n) is 5.74. The van der Waals surface area contributed by atoms with Crippen LogP contribution in [-0.2, 0) is 34.0 Å². The van der Waals surface area contributed by atoms with Crippen molar-refractivity contribution in [3.63, 3.8) is 0 Å². The van der Waals surface area contributed by atoms with Crippen LogP contribution in [0.4, 0.5) is 8.78 Å². The highest BCUT2D eigenvalue weighted by molar-refractivity contribution is 7.88. The highest BCUT2D eigenvalue weighted by atomic mass is 32.2. The molecule has 0 aromatic rings. The Morgan fingerprint density at radius 3 is 2.59 bits per heavy atom. The van der Waals surface area contributed by atoms with Gasteiger partial charge < -0.3 is 4.74 Å². The largest absolute Gasteiger partial charge is 0.465 e. The maximum absolute atomic E-state index is 13.1. The van der Waals surface area contributed by atoms with Gasteiger partial charge in [-0.2, -0.15) is 25.6 Å². The van der Waals surface area contributed by atoms with E-state index in [4.69, 9.17) is 8.74 Å². The summed E-state index contributed by atoms with van der Waals surface area (Å²) in [4.78, 5) is 11.1. The lowest BCUT2D eigenvalue weighted by atomic mass is 9.87. The van der Waals surface area contributed by atoms with Gasteiger partial charge in [0.1, 0.15) is 0 Å². The van der Waals surface area contributed by atoms with Crippen LogP contribution in [0, 0.1) is 17.8 Å². The molecule has 3 fully saturated rings. The van der Waals surface area contributed by atoms with Gasteiger partial charge in [-0.15, -0.1) is 0 Å². The van der Waals surface area contributed by atoms with Crippen molar-refractivity contribution in [1.82, 2.24) is 0 Å². The molecule has 2 saturated carbocycles. The second kappa shape index (κ2) is 4.58. The summed E-state index contributed by atoms with van der Waals surface area (Å²) < 4.78 is 87.9. The monoisotopic (exact) mass is 362 g/mol. The first-order chi connectivity index (χ1) is 9.95. The van der Waals surface area contributed by atoms with Gasteiger partial charge in [0.15, 0.2) is 0 Å². The molecule has 0 aromatic carbocycles. The van der Waals surface area contributed by atoms with Crippen LogP contribution in [0.15, 0.2) is 0 Å². The minimum absolute atomic E-state index is 0.149. The highest BCUT2D eigenvalue weighted by Gasteiger charge is 2.64. The third-order valence-electron chi connectivity index (χ3n) is 4.62. The van der Waals surface area contributed by atoms with Gasteiger partial charge in [-0.25, -0.2) is 4.79 Å². The van der Waals surface area contributed by atoms with Gasteiger partial charge >= 0.3 is 21.3 Å². The Labute approximate surface area is 124 Å². The quantitative estimate of drug-likeness (QED) is 0.413. The number of alkyl halides is 2. The first kappa shape index (κ1) is 16.0. The van der Waals surface area contributed by atoms with Crippen LogP contribution in [0.3, 0.4) is 0 Å². The summed E-state index contributed by atoms with van der Waals surface area (Å²) >= 11 is 0. The second-order valence-corrected chi connectivity index (χ2v) is 8.99. The predicted octanol–water partition coefficient (Wildman–Crippen LogP) is -0.237.